The van der Waals surface area contributed by atoms with Crippen LogP contribution < -0.4 is 10.6 Å². The van der Waals surface area contributed by atoms with Crippen LogP contribution in [0.2, 0.25) is 0 Å². The van der Waals surface area contributed by atoms with Crippen LogP contribution in [0.1, 0.15) is 23.6 Å². The number of carbonyl (C=O) groups excluding carboxylic acids is 1. The van der Waals surface area contributed by atoms with Crippen molar-refractivity contribution in [3.8, 4) is 10.6 Å². The lowest BCUT2D eigenvalue weighted by molar-refractivity contribution is 0.252. The van der Waals surface area contributed by atoms with Crippen LogP contribution in [0.15, 0.2) is 60.0 Å². The summed E-state index contributed by atoms with van der Waals surface area (Å²) in [5.74, 6) is 0. The predicted molar refractivity (Wildman–Crippen MR) is 123 cm³/mol. The molecular formula is C24H25N3OS. The molecule has 5 heteroatoms. The third-order valence-electron chi connectivity index (χ3n) is 5.34. The molecule has 0 aliphatic heterocycles. The van der Waals surface area contributed by atoms with Crippen LogP contribution in [0.3, 0.4) is 0 Å². The van der Waals surface area contributed by atoms with Gasteiger partial charge in [-0.2, -0.15) is 0 Å². The molecule has 0 fully saturated rings. The highest BCUT2D eigenvalue weighted by Crippen LogP contribution is 2.36. The van der Waals surface area contributed by atoms with E-state index in [1.54, 1.807) is 11.3 Å². The Bertz CT molecular complexity index is 1160. The molecule has 2 aromatic heterocycles. The average molecular weight is 404 g/mol. The van der Waals surface area contributed by atoms with Crippen molar-refractivity contribution in [2.45, 2.75) is 33.9 Å². The molecule has 2 amide bonds. The third kappa shape index (κ3) is 3.78. The Morgan fingerprint density at radius 2 is 1.86 bits per heavy atom. The van der Waals surface area contributed by atoms with Gasteiger partial charge >= 0.3 is 6.03 Å². The van der Waals surface area contributed by atoms with E-state index in [0.29, 0.717) is 6.54 Å². The van der Waals surface area contributed by atoms with Gasteiger partial charge in [-0.3, -0.25) is 0 Å². The fourth-order valence-electron chi connectivity index (χ4n) is 3.74. The molecule has 0 saturated carbocycles. The highest BCUT2D eigenvalue weighted by molar-refractivity contribution is 7.13. The van der Waals surface area contributed by atoms with Crippen molar-refractivity contribution in [2.24, 2.45) is 0 Å². The van der Waals surface area contributed by atoms with Gasteiger partial charge in [0.25, 0.3) is 0 Å². The lowest BCUT2D eigenvalue weighted by Gasteiger charge is -2.11. The first kappa shape index (κ1) is 19.3. The molecular weight excluding hydrogens is 378 g/mol. The number of aryl methyl sites for hydroxylation is 3. The molecule has 4 rings (SSSR count). The second-order valence-electron chi connectivity index (χ2n) is 7.17. The van der Waals surface area contributed by atoms with Crippen LogP contribution in [0.4, 0.5) is 10.5 Å². The van der Waals surface area contributed by atoms with Gasteiger partial charge in [-0.1, -0.05) is 30.3 Å². The standard InChI is InChI=1S/C24H25N3OS/c1-4-27-21-9-6-5-8-19(21)20(23(27)22-10-7-13-29-22)15-25-24(28)26-18-12-11-16(2)17(3)14-18/h5-14H,4,15H2,1-3H3,(H2,25,26,28). The minimum absolute atomic E-state index is 0.196. The molecule has 0 spiro atoms. The fraction of sp³-hybridized carbons (Fsp3) is 0.208. The van der Waals surface area contributed by atoms with E-state index in [1.165, 1.54) is 27.0 Å². The zero-order valence-corrected chi connectivity index (χ0v) is 17.8. The molecule has 0 unspecified atom stereocenters. The van der Waals surface area contributed by atoms with E-state index in [1.807, 2.05) is 25.1 Å². The molecule has 29 heavy (non-hydrogen) atoms. The summed E-state index contributed by atoms with van der Waals surface area (Å²) < 4.78 is 2.33. The molecule has 2 N–H and O–H groups in total. The molecule has 0 aliphatic rings. The lowest BCUT2D eigenvalue weighted by Crippen LogP contribution is -2.28. The Hall–Kier alpha value is -3.05. The maximum atomic E-state index is 12.6. The van der Waals surface area contributed by atoms with E-state index in [-0.39, 0.29) is 6.03 Å². The number of para-hydroxylation sites is 1. The molecule has 2 heterocycles. The Morgan fingerprint density at radius 1 is 1.03 bits per heavy atom. The quantitative estimate of drug-likeness (QED) is 0.402. The van der Waals surface area contributed by atoms with E-state index in [2.05, 4.69) is 70.8 Å². The van der Waals surface area contributed by atoms with Crippen molar-refractivity contribution in [1.29, 1.82) is 0 Å². The van der Waals surface area contributed by atoms with E-state index in [9.17, 15) is 4.79 Å². The van der Waals surface area contributed by atoms with Gasteiger partial charge in [-0.05, 0) is 61.5 Å². The summed E-state index contributed by atoms with van der Waals surface area (Å²) in [5.41, 5.74) is 6.72. The molecule has 0 aliphatic carbocycles. The summed E-state index contributed by atoms with van der Waals surface area (Å²) in [6.45, 7) is 7.62. The third-order valence-corrected chi connectivity index (χ3v) is 6.21. The topological polar surface area (TPSA) is 46.1 Å². The number of hydrogen-bond acceptors (Lipinski definition) is 2. The first-order valence-corrected chi connectivity index (χ1v) is 10.7. The van der Waals surface area contributed by atoms with Crippen LogP contribution in [0.25, 0.3) is 21.5 Å². The largest absolute Gasteiger partial charge is 0.340 e. The Labute approximate surface area is 175 Å². The maximum Gasteiger partial charge on any atom is 0.319 e. The number of nitrogens with zero attached hydrogens (tertiary/aromatic N) is 1. The van der Waals surface area contributed by atoms with Crippen molar-refractivity contribution < 1.29 is 4.79 Å². The van der Waals surface area contributed by atoms with Crippen LogP contribution in [-0.4, -0.2) is 10.6 Å². The summed E-state index contributed by atoms with van der Waals surface area (Å²) >= 11 is 1.73. The van der Waals surface area contributed by atoms with Crippen LogP contribution in [0.5, 0.6) is 0 Å². The Balaban J connectivity index is 1.63. The van der Waals surface area contributed by atoms with Crippen molar-refractivity contribution in [3.05, 3.63) is 76.7 Å². The minimum atomic E-state index is -0.196. The minimum Gasteiger partial charge on any atom is -0.340 e. The highest BCUT2D eigenvalue weighted by atomic mass is 32.1. The first-order valence-electron chi connectivity index (χ1n) is 9.84. The predicted octanol–water partition coefficient (Wildman–Crippen LogP) is 6.33. The number of amides is 2. The van der Waals surface area contributed by atoms with Gasteiger partial charge in [0.05, 0.1) is 10.6 Å². The van der Waals surface area contributed by atoms with Crippen molar-refractivity contribution >= 4 is 34.0 Å². The normalized spacial score (nSPS) is 11.0. The van der Waals surface area contributed by atoms with Gasteiger partial charge in [0.15, 0.2) is 0 Å². The number of anilines is 1. The molecule has 0 bridgehead atoms. The van der Waals surface area contributed by atoms with Crippen molar-refractivity contribution in [3.63, 3.8) is 0 Å². The second-order valence-corrected chi connectivity index (χ2v) is 8.12. The highest BCUT2D eigenvalue weighted by Gasteiger charge is 2.18. The van der Waals surface area contributed by atoms with E-state index >= 15 is 0 Å². The summed E-state index contributed by atoms with van der Waals surface area (Å²) in [5, 5.41) is 9.28. The molecule has 148 valence electrons. The summed E-state index contributed by atoms with van der Waals surface area (Å²) in [6, 6.07) is 18.4. The van der Waals surface area contributed by atoms with Crippen LogP contribution >= 0.6 is 11.3 Å². The first-order chi connectivity index (χ1) is 14.1. The monoisotopic (exact) mass is 403 g/mol. The van der Waals surface area contributed by atoms with Crippen molar-refractivity contribution in [1.82, 2.24) is 9.88 Å². The SMILES string of the molecule is CCn1c(-c2cccs2)c(CNC(=O)Nc2ccc(C)c(C)c2)c2ccccc21. The smallest absolute Gasteiger partial charge is 0.319 e. The van der Waals surface area contributed by atoms with E-state index < -0.39 is 0 Å². The summed E-state index contributed by atoms with van der Waals surface area (Å²) in [7, 11) is 0. The molecule has 0 atom stereocenters. The van der Waals surface area contributed by atoms with Gasteiger partial charge < -0.3 is 15.2 Å². The zero-order valence-electron chi connectivity index (χ0n) is 17.0. The maximum absolute atomic E-state index is 12.6. The summed E-state index contributed by atoms with van der Waals surface area (Å²) in [4.78, 5) is 13.8. The number of nitrogens with one attached hydrogen (secondary N) is 2. The molecule has 4 aromatic rings. The van der Waals surface area contributed by atoms with Gasteiger partial charge in [0, 0.05) is 35.2 Å². The molecule has 2 aromatic carbocycles. The van der Waals surface area contributed by atoms with Crippen LogP contribution in [-0.2, 0) is 13.1 Å². The Kier molecular flexibility index (Phi) is 5.41. The zero-order chi connectivity index (χ0) is 20.4. The van der Waals surface area contributed by atoms with Gasteiger partial charge in [-0.25, -0.2) is 4.79 Å². The van der Waals surface area contributed by atoms with Crippen LogP contribution in [0, 0.1) is 13.8 Å². The van der Waals surface area contributed by atoms with E-state index in [0.717, 1.165) is 23.4 Å². The summed E-state index contributed by atoms with van der Waals surface area (Å²) in [6.07, 6.45) is 0. The van der Waals surface area contributed by atoms with Gasteiger partial charge in [0.1, 0.15) is 0 Å². The van der Waals surface area contributed by atoms with Gasteiger partial charge in [-0.15, -0.1) is 11.3 Å². The van der Waals surface area contributed by atoms with Gasteiger partial charge in [0.2, 0.25) is 0 Å². The Morgan fingerprint density at radius 3 is 2.59 bits per heavy atom. The molecule has 4 nitrogen and oxygen atoms in total. The fourth-order valence-corrected chi connectivity index (χ4v) is 4.55. The number of benzene rings is 2. The number of carbonyl (C=O) groups is 1. The number of thiophene rings is 1. The van der Waals surface area contributed by atoms with Crippen molar-refractivity contribution in [2.75, 3.05) is 5.32 Å². The number of rotatable bonds is 5. The number of aromatic nitrogens is 1. The van der Waals surface area contributed by atoms with E-state index in [4.69, 9.17) is 0 Å². The number of hydrogen-bond donors (Lipinski definition) is 2. The molecule has 0 radical (unpaired) electrons. The number of fused-ring (bicyclic) bond motifs is 1. The lowest BCUT2D eigenvalue weighted by atomic mass is 10.1. The molecule has 0 saturated heterocycles. The average Bonchev–Trinajstić information content (AvgIpc) is 3.34. The number of urea groups is 1. The second kappa shape index (κ2) is 8.13.